The summed E-state index contributed by atoms with van der Waals surface area (Å²) < 4.78 is 56.1. The van der Waals surface area contributed by atoms with Crippen molar-refractivity contribution in [2.24, 2.45) is 0 Å². The number of aryl methyl sites for hydroxylation is 1. The van der Waals surface area contributed by atoms with Crippen LogP contribution >= 0.6 is 11.6 Å². The maximum Gasteiger partial charge on any atom is 0.416 e. The van der Waals surface area contributed by atoms with Crippen molar-refractivity contribution in [3.8, 4) is 5.75 Å². The molecular weight excluding hydrogens is 660 g/mol. The van der Waals surface area contributed by atoms with Gasteiger partial charge in [-0.05, 0) is 31.5 Å². The quantitative estimate of drug-likeness (QED) is 0.273. The number of piperazine rings is 1. The number of nitrogens with zero attached hydrogens (tertiary/aromatic N) is 7. The predicted molar refractivity (Wildman–Crippen MR) is 171 cm³/mol. The molecule has 0 atom stereocenters. The fourth-order valence-corrected chi connectivity index (χ4v) is 5.80. The summed E-state index contributed by atoms with van der Waals surface area (Å²) in [6.07, 6.45) is -3.23. The average Bonchev–Trinajstić information content (AvgIpc) is 3.03. The number of anilines is 3. The molecule has 48 heavy (non-hydrogen) atoms. The summed E-state index contributed by atoms with van der Waals surface area (Å²) in [6.45, 7) is 3.55. The maximum atomic E-state index is 15.3. The predicted octanol–water partition coefficient (Wildman–Crippen LogP) is 4.24. The number of amides is 2. The summed E-state index contributed by atoms with van der Waals surface area (Å²) in [4.78, 5) is 57.4. The fourth-order valence-electron chi connectivity index (χ4n) is 5.57. The van der Waals surface area contributed by atoms with Crippen molar-refractivity contribution in [1.29, 1.82) is 0 Å². The molecule has 1 aliphatic rings. The smallest absolute Gasteiger partial charge is 0.416 e. The van der Waals surface area contributed by atoms with Gasteiger partial charge >= 0.3 is 6.18 Å². The maximum absolute atomic E-state index is 15.3. The van der Waals surface area contributed by atoms with Crippen molar-refractivity contribution in [3.63, 3.8) is 0 Å². The minimum Gasteiger partial charge on any atom is -0.504 e. The van der Waals surface area contributed by atoms with Crippen LogP contribution in [-0.4, -0.2) is 81.6 Å². The summed E-state index contributed by atoms with van der Waals surface area (Å²) in [7, 11) is 3.12. The molecule has 3 aromatic heterocycles. The molecule has 4 aromatic rings. The average molecular weight is 691 g/mol. The zero-order valence-corrected chi connectivity index (χ0v) is 27.1. The van der Waals surface area contributed by atoms with Gasteiger partial charge in [0.1, 0.15) is 24.1 Å². The van der Waals surface area contributed by atoms with Crippen LogP contribution in [0.1, 0.15) is 34.4 Å². The molecule has 0 aliphatic carbocycles. The van der Waals surface area contributed by atoms with Gasteiger partial charge in [0.25, 0.3) is 5.91 Å². The van der Waals surface area contributed by atoms with Crippen molar-refractivity contribution in [1.82, 2.24) is 24.4 Å². The molecule has 1 aliphatic heterocycles. The second-order valence-electron chi connectivity index (χ2n) is 11.3. The Morgan fingerprint density at radius 1 is 1.10 bits per heavy atom. The van der Waals surface area contributed by atoms with Crippen LogP contribution in [0, 0.1) is 12.7 Å². The Labute approximate surface area is 276 Å². The number of benzene rings is 1. The van der Waals surface area contributed by atoms with E-state index >= 15 is 4.39 Å². The third-order valence-electron chi connectivity index (χ3n) is 7.98. The second-order valence-corrected chi connectivity index (χ2v) is 11.7. The van der Waals surface area contributed by atoms with Crippen molar-refractivity contribution in [2.75, 3.05) is 55.4 Å². The van der Waals surface area contributed by atoms with Crippen LogP contribution in [0.3, 0.4) is 0 Å². The number of pyridine rings is 2. The first kappa shape index (κ1) is 34.3. The highest BCUT2D eigenvalue weighted by Crippen LogP contribution is 2.34. The summed E-state index contributed by atoms with van der Waals surface area (Å²) in [6, 6.07) is 3.63. The lowest BCUT2D eigenvalue weighted by molar-refractivity contribution is -0.137. The summed E-state index contributed by atoms with van der Waals surface area (Å²) in [5.74, 6) is -2.36. The second kappa shape index (κ2) is 13.3. The minimum absolute atomic E-state index is 0.0424. The standard InChI is InChI=1S/C31H31ClF4N8O4/c1-5-21-26(42-8-10-43(11-9-42)30(48)25-27(46)16(2)37-15-38-25)28(47)24-22(13-19(33)29(40-24)41(3)4)44(21)14-23(45)39-20-7-6-17(12-18(20)32)31(34,35)36/h6-7,12-13,15,46H,5,8-11,14H2,1-4H3,(H,39,45). The number of hydrogen-bond acceptors (Lipinski definition) is 9. The number of carbonyl (C=O) groups excluding carboxylic acids is 2. The molecule has 0 saturated carbocycles. The summed E-state index contributed by atoms with van der Waals surface area (Å²) >= 11 is 6.06. The van der Waals surface area contributed by atoms with E-state index in [-0.39, 0.29) is 83.0 Å². The van der Waals surface area contributed by atoms with E-state index in [4.69, 9.17) is 11.6 Å². The number of aromatic hydroxyl groups is 1. The van der Waals surface area contributed by atoms with Gasteiger partial charge in [0.15, 0.2) is 23.1 Å². The van der Waals surface area contributed by atoms with Crippen molar-refractivity contribution in [3.05, 3.63) is 74.3 Å². The van der Waals surface area contributed by atoms with Gasteiger partial charge in [0.2, 0.25) is 11.3 Å². The van der Waals surface area contributed by atoms with Crippen LogP contribution in [0.4, 0.5) is 34.8 Å². The Morgan fingerprint density at radius 2 is 1.79 bits per heavy atom. The van der Waals surface area contributed by atoms with Crippen LogP contribution < -0.4 is 20.5 Å². The Bertz CT molecular complexity index is 1980. The molecule has 5 rings (SSSR count). The number of nitrogens with one attached hydrogen (secondary N) is 1. The Balaban J connectivity index is 1.52. The lowest BCUT2D eigenvalue weighted by atomic mass is 10.1. The van der Waals surface area contributed by atoms with E-state index in [9.17, 15) is 32.7 Å². The van der Waals surface area contributed by atoms with Gasteiger partial charge in [-0.3, -0.25) is 14.4 Å². The molecule has 2 amide bonds. The SMILES string of the molecule is CCc1c(N2CCN(C(=O)c3ncnc(C)c3O)CC2)c(=O)c2nc(N(C)C)c(F)cc2n1CC(=O)Nc1ccc(C(F)(F)F)cc1Cl. The molecule has 1 aromatic carbocycles. The Hall–Kier alpha value is -4.99. The Kier molecular flexibility index (Phi) is 9.48. The van der Waals surface area contributed by atoms with Gasteiger partial charge in [-0.15, -0.1) is 0 Å². The molecular formula is C31H31ClF4N8O4. The molecule has 17 heteroatoms. The number of alkyl halides is 3. The van der Waals surface area contributed by atoms with E-state index in [1.165, 1.54) is 20.7 Å². The van der Waals surface area contributed by atoms with E-state index in [1.807, 2.05) is 0 Å². The van der Waals surface area contributed by atoms with Crippen molar-refractivity contribution in [2.45, 2.75) is 33.0 Å². The largest absolute Gasteiger partial charge is 0.504 e. The highest BCUT2D eigenvalue weighted by molar-refractivity contribution is 6.33. The topological polar surface area (TPSA) is 137 Å². The highest BCUT2D eigenvalue weighted by atomic mass is 35.5. The zero-order chi connectivity index (χ0) is 35.1. The highest BCUT2D eigenvalue weighted by Gasteiger charge is 2.32. The van der Waals surface area contributed by atoms with E-state index in [2.05, 4.69) is 20.3 Å². The number of fused-ring (bicyclic) bond motifs is 1. The van der Waals surface area contributed by atoms with Crippen LogP contribution in [0.25, 0.3) is 11.0 Å². The first-order valence-electron chi connectivity index (χ1n) is 14.8. The van der Waals surface area contributed by atoms with Crippen molar-refractivity contribution < 1.29 is 32.3 Å². The van der Waals surface area contributed by atoms with Gasteiger partial charge in [-0.25, -0.2) is 19.3 Å². The lowest BCUT2D eigenvalue weighted by Crippen LogP contribution is -2.50. The first-order chi connectivity index (χ1) is 22.6. The van der Waals surface area contributed by atoms with E-state index in [0.717, 1.165) is 18.2 Å². The van der Waals surface area contributed by atoms with Crippen LogP contribution in [0.5, 0.6) is 5.75 Å². The number of rotatable bonds is 7. The Morgan fingerprint density at radius 3 is 2.40 bits per heavy atom. The van der Waals surface area contributed by atoms with E-state index in [0.29, 0.717) is 11.8 Å². The molecule has 4 heterocycles. The molecule has 0 unspecified atom stereocenters. The fraction of sp³-hybridized carbons (Fsp3) is 0.355. The molecule has 0 bridgehead atoms. The van der Waals surface area contributed by atoms with E-state index < -0.39 is 41.3 Å². The van der Waals surface area contributed by atoms with Gasteiger partial charge < -0.3 is 29.7 Å². The monoisotopic (exact) mass is 690 g/mol. The first-order valence-corrected chi connectivity index (χ1v) is 15.1. The normalized spacial score (nSPS) is 13.6. The molecule has 0 spiro atoms. The molecule has 254 valence electrons. The number of hydrogen-bond donors (Lipinski definition) is 2. The lowest BCUT2D eigenvalue weighted by Gasteiger charge is -2.37. The third kappa shape index (κ3) is 6.56. The van der Waals surface area contributed by atoms with Gasteiger partial charge in [0.05, 0.1) is 27.5 Å². The summed E-state index contributed by atoms with van der Waals surface area (Å²) in [5, 5.41) is 12.5. The number of aromatic nitrogens is 4. The summed E-state index contributed by atoms with van der Waals surface area (Å²) in [5.41, 5.74) is -0.917. The van der Waals surface area contributed by atoms with E-state index in [1.54, 1.807) is 32.8 Å². The third-order valence-corrected chi connectivity index (χ3v) is 8.29. The van der Waals surface area contributed by atoms with Gasteiger partial charge in [0, 0.05) is 52.0 Å². The number of carbonyl (C=O) groups is 2. The van der Waals surface area contributed by atoms with Gasteiger partial charge in [-0.1, -0.05) is 18.5 Å². The van der Waals surface area contributed by atoms with Crippen LogP contribution in [0.2, 0.25) is 5.02 Å². The minimum atomic E-state index is -4.63. The van der Waals surface area contributed by atoms with Crippen molar-refractivity contribution >= 4 is 51.6 Å². The molecule has 0 radical (unpaired) electrons. The molecule has 1 fully saturated rings. The number of halogens is 5. The van der Waals surface area contributed by atoms with Crippen LogP contribution in [-0.2, 0) is 23.9 Å². The van der Waals surface area contributed by atoms with Crippen LogP contribution in [0.15, 0.2) is 35.4 Å². The van der Waals surface area contributed by atoms with Gasteiger partial charge in [-0.2, -0.15) is 13.2 Å². The molecule has 1 saturated heterocycles. The molecule has 2 N–H and O–H groups in total. The molecule has 12 nitrogen and oxygen atoms in total. The zero-order valence-electron chi connectivity index (χ0n) is 26.3.